The molecular formula is C11H15N5O. The number of aromatic nitrogens is 2. The minimum absolute atomic E-state index is 0.530. The van der Waals surface area contributed by atoms with Crippen LogP contribution in [0.2, 0.25) is 0 Å². The largest absolute Gasteiger partial charge is 0.444 e. The fraction of sp³-hybridized carbons (Fsp3) is 0.273. The van der Waals surface area contributed by atoms with Crippen LogP contribution in [0, 0.1) is 13.8 Å². The predicted octanol–water partition coefficient (Wildman–Crippen LogP) is 1.58. The molecule has 0 aliphatic rings. The van der Waals surface area contributed by atoms with Crippen LogP contribution in [-0.2, 0) is 6.54 Å². The molecule has 17 heavy (non-hydrogen) atoms. The zero-order valence-electron chi connectivity index (χ0n) is 9.82. The zero-order valence-corrected chi connectivity index (χ0v) is 9.82. The fourth-order valence-corrected chi connectivity index (χ4v) is 1.41. The van der Waals surface area contributed by atoms with Crippen LogP contribution in [0.4, 0.5) is 11.5 Å². The average Bonchev–Trinajstić information content (AvgIpc) is 2.67. The Bertz CT molecular complexity index is 489. The van der Waals surface area contributed by atoms with Crippen LogP contribution < -0.4 is 16.6 Å². The van der Waals surface area contributed by atoms with Crippen molar-refractivity contribution >= 4 is 11.5 Å². The molecule has 0 fully saturated rings. The van der Waals surface area contributed by atoms with Crippen LogP contribution in [0.15, 0.2) is 22.7 Å². The van der Waals surface area contributed by atoms with E-state index in [1.807, 2.05) is 26.0 Å². The van der Waals surface area contributed by atoms with Crippen LogP contribution in [-0.4, -0.2) is 9.97 Å². The van der Waals surface area contributed by atoms with Crippen molar-refractivity contribution in [2.75, 3.05) is 10.7 Å². The van der Waals surface area contributed by atoms with Crippen molar-refractivity contribution in [2.24, 2.45) is 5.84 Å². The normalized spacial score (nSPS) is 10.3. The van der Waals surface area contributed by atoms with Crippen molar-refractivity contribution in [2.45, 2.75) is 20.4 Å². The Morgan fingerprint density at radius 3 is 2.88 bits per heavy atom. The van der Waals surface area contributed by atoms with E-state index in [9.17, 15) is 0 Å². The summed E-state index contributed by atoms with van der Waals surface area (Å²) >= 11 is 0. The van der Waals surface area contributed by atoms with Crippen molar-refractivity contribution in [1.82, 2.24) is 9.97 Å². The zero-order chi connectivity index (χ0) is 12.3. The van der Waals surface area contributed by atoms with Gasteiger partial charge in [0.15, 0.2) is 0 Å². The van der Waals surface area contributed by atoms with Gasteiger partial charge in [0, 0.05) is 18.0 Å². The van der Waals surface area contributed by atoms with Crippen LogP contribution in [0.1, 0.15) is 17.3 Å². The summed E-state index contributed by atoms with van der Waals surface area (Å²) in [6.07, 6.45) is 1.67. The number of hydrazine groups is 1. The number of anilines is 2. The SMILES string of the molecule is Cc1nc(CNc2ccnc(NN)c2)oc1C. The highest BCUT2D eigenvalue weighted by atomic mass is 16.4. The van der Waals surface area contributed by atoms with Gasteiger partial charge < -0.3 is 15.2 Å². The molecule has 2 aromatic heterocycles. The molecule has 6 nitrogen and oxygen atoms in total. The second-order valence-electron chi connectivity index (χ2n) is 3.68. The van der Waals surface area contributed by atoms with Gasteiger partial charge in [-0.3, -0.25) is 0 Å². The highest BCUT2D eigenvalue weighted by Crippen LogP contribution is 2.13. The molecule has 4 N–H and O–H groups in total. The third kappa shape index (κ3) is 2.73. The molecule has 0 atom stereocenters. The molecule has 2 rings (SSSR count). The van der Waals surface area contributed by atoms with Gasteiger partial charge in [-0.15, -0.1) is 0 Å². The van der Waals surface area contributed by atoms with Gasteiger partial charge >= 0.3 is 0 Å². The van der Waals surface area contributed by atoms with E-state index in [1.165, 1.54) is 0 Å². The molecule has 0 spiro atoms. The monoisotopic (exact) mass is 233 g/mol. The molecule has 0 aromatic carbocycles. The summed E-state index contributed by atoms with van der Waals surface area (Å²) in [6, 6.07) is 3.66. The van der Waals surface area contributed by atoms with E-state index in [4.69, 9.17) is 10.3 Å². The third-order valence-electron chi connectivity index (χ3n) is 2.42. The van der Waals surface area contributed by atoms with Crippen molar-refractivity contribution < 1.29 is 4.42 Å². The number of nitrogens with zero attached hydrogens (tertiary/aromatic N) is 2. The van der Waals surface area contributed by atoms with E-state index in [0.717, 1.165) is 17.1 Å². The van der Waals surface area contributed by atoms with Crippen molar-refractivity contribution in [3.05, 3.63) is 35.7 Å². The fourth-order valence-electron chi connectivity index (χ4n) is 1.41. The predicted molar refractivity (Wildman–Crippen MR) is 65.4 cm³/mol. The molecule has 0 bridgehead atoms. The van der Waals surface area contributed by atoms with Gasteiger partial charge in [-0.05, 0) is 19.9 Å². The Labute approximate surface area is 99.2 Å². The lowest BCUT2D eigenvalue weighted by molar-refractivity contribution is 0.478. The Kier molecular flexibility index (Phi) is 3.24. The van der Waals surface area contributed by atoms with Crippen LogP contribution in [0.25, 0.3) is 0 Å². The number of hydrogen-bond donors (Lipinski definition) is 3. The minimum atomic E-state index is 0.530. The second-order valence-corrected chi connectivity index (χ2v) is 3.68. The lowest BCUT2D eigenvalue weighted by Crippen LogP contribution is -2.09. The van der Waals surface area contributed by atoms with Gasteiger partial charge in [-0.2, -0.15) is 0 Å². The molecule has 0 aliphatic carbocycles. The van der Waals surface area contributed by atoms with E-state index in [-0.39, 0.29) is 0 Å². The first-order valence-electron chi connectivity index (χ1n) is 5.28. The maximum Gasteiger partial charge on any atom is 0.213 e. The molecule has 0 saturated heterocycles. The van der Waals surface area contributed by atoms with E-state index < -0.39 is 0 Å². The molecule has 6 heteroatoms. The first-order valence-corrected chi connectivity index (χ1v) is 5.28. The topological polar surface area (TPSA) is 89.0 Å². The summed E-state index contributed by atoms with van der Waals surface area (Å²) in [5, 5.41) is 3.18. The summed E-state index contributed by atoms with van der Waals surface area (Å²) in [4.78, 5) is 8.30. The van der Waals surface area contributed by atoms with Crippen LogP contribution in [0.5, 0.6) is 0 Å². The number of pyridine rings is 1. The third-order valence-corrected chi connectivity index (χ3v) is 2.42. The summed E-state index contributed by atoms with van der Waals surface area (Å²) < 4.78 is 5.46. The van der Waals surface area contributed by atoms with Gasteiger partial charge in [0.05, 0.1) is 12.2 Å². The van der Waals surface area contributed by atoms with E-state index >= 15 is 0 Å². The van der Waals surface area contributed by atoms with Gasteiger partial charge in [0.25, 0.3) is 0 Å². The molecule has 90 valence electrons. The van der Waals surface area contributed by atoms with Gasteiger partial charge in [-0.1, -0.05) is 0 Å². The number of hydrogen-bond acceptors (Lipinski definition) is 6. The molecule has 2 heterocycles. The number of nitrogen functional groups attached to an aromatic ring is 1. The van der Waals surface area contributed by atoms with Crippen LogP contribution >= 0.6 is 0 Å². The second kappa shape index (κ2) is 4.84. The standard InChI is InChI=1S/C11H15N5O/c1-7-8(2)17-11(15-7)6-14-9-3-4-13-10(5-9)16-12/h3-5H,6,12H2,1-2H3,(H2,13,14,16). The van der Waals surface area contributed by atoms with Gasteiger partial charge in [0.2, 0.25) is 5.89 Å². The minimum Gasteiger partial charge on any atom is -0.444 e. The van der Waals surface area contributed by atoms with Gasteiger partial charge in [-0.25, -0.2) is 15.8 Å². The number of rotatable bonds is 4. The molecule has 0 unspecified atom stereocenters. The van der Waals surface area contributed by atoms with E-state index in [1.54, 1.807) is 6.20 Å². The van der Waals surface area contributed by atoms with E-state index in [2.05, 4.69) is 20.7 Å². The summed E-state index contributed by atoms with van der Waals surface area (Å²) in [5.41, 5.74) is 4.31. The first kappa shape index (κ1) is 11.4. The maximum absolute atomic E-state index is 5.46. The number of oxazole rings is 1. The maximum atomic E-state index is 5.46. The summed E-state index contributed by atoms with van der Waals surface area (Å²) in [7, 11) is 0. The molecule has 0 radical (unpaired) electrons. The molecule has 0 saturated carbocycles. The number of nitrogens with one attached hydrogen (secondary N) is 2. The van der Waals surface area contributed by atoms with Crippen molar-refractivity contribution in [3.8, 4) is 0 Å². The number of nitrogens with two attached hydrogens (primary N) is 1. The van der Waals surface area contributed by atoms with Crippen molar-refractivity contribution in [1.29, 1.82) is 0 Å². The Morgan fingerprint density at radius 2 is 2.24 bits per heavy atom. The highest BCUT2D eigenvalue weighted by molar-refractivity contribution is 5.51. The molecular weight excluding hydrogens is 218 g/mol. The summed E-state index contributed by atoms with van der Waals surface area (Å²) in [5.74, 6) is 7.40. The highest BCUT2D eigenvalue weighted by Gasteiger charge is 2.05. The summed E-state index contributed by atoms with van der Waals surface area (Å²) in [6.45, 7) is 4.35. The Morgan fingerprint density at radius 1 is 1.41 bits per heavy atom. The van der Waals surface area contributed by atoms with E-state index in [0.29, 0.717) is 18.3 Å². The molecule has 0 amide bonds. The Hall–Kier alpha value is -2.08. The first-order chi connectivity index (χ1) is 8.19. The van der Waals surface area contributed by atoms with Crippen LogP contribution in [0.3, 0.4) is 0 Å². The van der Waals surface area contributed by atoms with Gasteiger partial charge in [0.1, 0.15) is 11.6 Å². The van der Waals surface area contributed by atoms with Crippen molar-refractivity contribution in [3.63, 3.8) is 0 Å². The lowest BCUT2D eigenvalue weighted by Gasteiger charge is -2.05. The quantitative estimate of drug-likeness (QED) is 0.549. The Balaban J connectivity index is 2.01. The smallest absolute Gasteiger partial charge is 0.213 e. The molecule has 0 aliphatic heterocycles. The molecule has 2 aromatic rings. The average molecular weight is 233 g/mol. The number of aryl methyl sites for hydroxylation is 2. The lowest BCUT2D eigenvalue weighted by atomic mass is 10.4.